The van der Waals surface area contributed by atoms with Crippen molar-refractivity contribution in [1.82, 2.24) is 14.4 Å². The van der Waals surface area contributed by atoms with E-state index in [1.165, 1.54) is 48.7 Å². The summed E-state index contributed by atoms with van der Waals surface area (Å²) >= 11 is 0. The van der Waals surface area contributed by atoms with Crippen LogP contribution in [0.1, 0.15) is 56.3 Å². The van der Waals surface area contributed by atoms with Crippen LogP contribution in [-0.4, -0.2) is 65.3 Å². The van der Waals surface area contributed by atoms with E-state index in [0.717, 1.165) is 37.4 Å². The zero-order chi connectivity index (χ0) is 21.8. The normalized spacial score (nSPS) is 23.7. The van der Waals surface area contributed by atoms with Crippen LogP contribution >= 0.6 is 0 Å². The number of ether oxygens (including phenoxy) is 1. The molecule has 1 saturated heterocycles. The fourth-order valence-corrected chi connectivity index (χ4v) is 6.52. The van der Waals surface area contributed by atoms with Crippen LogP contribution in [0.15, 0.2) is 18.2 Å². The molecule has 168 valence electrons. The molecule has 1 spiro atoms. The van der Waals surface area contributed by atoms with Gasteiger partial charge in [-0.2, -0.15) is 0 Å². The first-order chi connectivity index (χ1) is 15.0. The molecule has 3 aliphatic rings. The number of amides is 1. The average molecular weight is 426 g/mol. The Morgan fingerprint density at radius 2 is 1.94 bits per heavy atom. The highest BCUT2D eigenvalue weighted by molar-refractivity contribution is 5.89. The Bertz CT molecular complexity index is 986. The number of benzene rings is 1. The minimum atomic E-state index is -0.0601. The molecule has 0 unspecified atom stereocenters. The minimum absolute atomic E-state index is 0.00248. The van der Waals surface area contributed by atoms with Gasteiger partial charge in [-0.15, -0.1) is 0 Å². The van der Waals surface area contributed by atoms with Crippen molar-refractivity contribution in [2.24, 2.45) is 13.0 Å². The Labute approximate surface area is 184 Å². The van der Waals surface area contributed by atoms with Gasteiger partial charge in [0.15, 0.2) is 0 Å². The molecular weight excluding hydrogens is 390 g/mol. The first kappa shape index (κ1) is 20.8. The van der Waals surface area contributed by atoms with Crippen molar-refractivity contribution < 1.29 is 14.6 Å². The quantitative estimate of drug-likeness (QED) is 0.817. The number of likely N-dealkylation sites (tertiary alicyclic amines) is 1. The Morgan fingerprint density at radius 3 is 2.58 bits per heavy atom. The third-order valence-corrected chi connectivity index (χ3v) is 8.07. The number of fused-ring (bicyclic) bond motifs is 4. The number of aromatic nitrogens is 1. The predicted octanol–water partition coefficient (Wildman–Crippen LogP) is 3.22. The van der Waals surface area contributed by atoms with E-state index in [1.54, 1.807) is 14.0 Å². The number of aryl methyl sites for hydroxylation is 1. The van der Waals surface area contributed by atoms with Gasteiger partial charge in [0, 0.05) is 62.7 Å². The van der Waals surface area contributed by atoms with E-state index in [4.69, 9.17) is 4.74 Å². The number of aliphatic hydroxyl groups excluding tert-OH is 1. The van der Waals surface area contributed by atoms with Crippen LogP contribution in [0.4, 0.5) is 0 Å². The van der Waals surface area contributed by atoms with Crippen LogP contribution < -0.4 is 4.74 Å². The molecule has 1 atom stereocenters. The standard InChI is InChI=1S/C25H35N3O3/c1-17(30)28-15-25(16-28)14-27(12-18-7-5-4-6-8-18)22(13-29)24-23(25)20-10-9-19(31-3)11-21(20)26(24)2/h9-11,18,22,29H,4-8,12-16H2,1-3H3/t22-/m1/s1. The number of aliphatic hydroxyl groups is 1. The van der Waals surface area contributed by atoms with Crippen LogP contribution in [0.5, 0.6) is 5.75 Å². The average Bonchev–Trinajstić information content (AvgIpc) is 3.04. The Hall–Kier alpha value is -2.05. The number of nitrogens with zero attached hydrogens (tertiary/aromatic N) is 3. The van der Waals surface area contributed by atoms with E-state index >= 15 is 0 Å². The highest BCUT2D eigenvalue weighted by atomic mass is 16.5. The van der Waals surface area contributed by atoms with E-state index in [1.807, 2.05) is 11.0 Å². The van der Waals surface area contributed by atoms with Crippen LogP contribution in [0.2, 0.25) is 0 Å². The molecule has 3 heterocycles. The van der Waals surface area contributed by atoms with Gasteiger partial charge in [-0.3, -0.25) is 9.69 Å². The van der Waals surface area contributed by atoms with Crippen LogP contribution in [0, 0.1) is 5.92 Å². The second kappa shape index (κ2) is 7.82. The smallest absolute Gasteiger partial charge is 0.219 e. The molecule has 1 N–H and O–H groups in total. The number of carbonyl (C=O) groups excluding carboxylic acids is 1. The van der Waals surface area contributed by atoms with Gasteiger partial charge in [0.2, 0.25) is 5.91 Å². The molecule has 1 aromatic carbocycles. The third-order valence-electron chi connectivity index (χ3n) is 8.07. The van der Waals surface area contributed by atoms with E-state index in [2.05, 4.69) is 28.6 Å². The van der Waals surface area contributed by atoms with Gasteiger partial charge in [-0.1, -0.05) is 19.3 Å². The lowest BCUT2D eigenvalue weighted by Crippen LogP contribution is -2.67. The number of hydrogen-bond donors (Lipinski definition) is 1. The maximum atomic E-state index is 12.1. The van der Waals surface area contributed by atoms with Crippen molar-refractivity contribution in [3.63, 3.8) is 0 Å². The van der Waals surface area contributed by atoms with Gasteiger partial charge in [0.1, 0.15) is 5.75 Å². The highest BCUT2D eigenvalue weighted by Crippen LogP contribution is 2.50. The van der Waals surface area contributed by atoms with Crippen LogP contribution in [0.3, 0.4) is 0 Å². The lowest BCUT2D eigenvalue weighted by molar-refractivity contribution is -0.138. The summed E-state index contributed by atoms with van der Waals surface area (Å²) in [5.74, 6) is 1.70. The van der Waals surface area contributed by atoms with Crippen molar-refractivity contribution in [2.45, 2.75) is 50.5 Å². The Kier molecular flexibility index (Phi) is 5.25. The molecule has 6 heteroatoms. The second-order valence-corrected chi connectivity index (χ2v) is 9.99. The number of methoxy groups -OCH3 is 1. The molecule has 2 aliphatic heterocycles. The lowest BCUT2D eigenvalue weighted by atomic mass is 9.68. The van der Waals surface area contributed by atoms with Crippen molar-refractivity contribution in [1.29, 1.82) is 0 Å². The summed E-state index contributed by atoms with van der Waals surface area (Å²) in [5, 5.41) is 11.8. The van der Waals surface area contributed by atoms with Gasteiger partial charge in [-0.25, -0.2) is 0 Å². The fraction of sp³-hybridized carbons (Fsp3) is 0.640. The van der Waals surface area contributed by atoms with Crippen LogP contribution in [-0.2, 0) is 17.3 Å². The highest BCUT2D eigenvalue weighted by Gasteiger charge is 2.54. The minimum Gasteiger partial charge on any atom is -0.497 e. The van der Waals surface area contributed by atoms with E-state index in [-0.39, 0.29) is 24.0 Å². The molecule has 6 nitrogen and oxygen atoms in total. The van der Waals surface area contributed by atoms with Crippen molar-refractivity contribution in [3.05, 3.63) is 29.5 Å². The second-order valence-electron chi connectivity index (χ2n) is 9.99. The molecule has 2 aromatic rings. The first-order valence-electron chi connectivity index (χ1n) is 11.7. The van der Waals surface area contributed by atoms with Crippen molar-refractivity contribution in [2.75, 3.05) is 39.9 Å². The largest absolute Gasteiger partial charge is 0.497 e. The number of rotatable bonds is 4. The molecule has 31 heavy (non-hydrogen) atoms. The number of carbonyl (C=O) groups is 1. The van der Waals surface area contributed by atoms with E-state index in [0.29, 0.717) is 5.92 Å². The summed E-state index contributed by atoms with van der Waals surface area (Å²) in [6.45, 7) is 5.27. The summed E-state index contributed by atoms with van der Waals surface area (Å²) in [4.78, 5) is 16.6. The van der Waals surface area contributed by atoms with E-state index < -0.39 is 0 Å². The summed E-state index contributed by atoms with van der Waals surface area (Å²) in [6.07, 6.45) is 6.59. The zero-order valence-corrected chi connectivity index (χ0v) is 19.1. The molecule has 1 aliphatic carbocycles. The number of hydrogen-bond acceptors (Lipinski definition) is 4. The Morgan fingerprint density at radius 1 is 1.19 bits per heavy atom. The maximum Gasteiger partial charge on any atom is 0.219 e. The van der Waals surface area contributed by atoms with Gasteiger partial charge < -0.3 is 19.3 Å². The molecule has 0 bridgehead atoms. The first-order valence-corrected chi connectivity index (χ1v) is 11.7. The third kappa shape index (κ3) is 3.26. The molecule has 1 amide bonds. The fourth-order valence-electron chi connectivity index (χ4n) is 6.52. The van der Waals surface area contributed by atoms with Crippen molar-refractivity contribution >= 4 is 16.8 Å². The van der Waals surface area contributed by atoms with Gasteiger partial charge in [-0.05, 0) is 36.5 Å². The zero-order valence-electron chi connectivity index (χ0n) is 19.1. The SMILES string of the molecule is COc1ccc2c3c(n(C)c2c1)[C@@H](CO)N(CC1CCCCC1)CC31CN(C(C)=O)C1. The molecule has 0 radical (unpaired) electrons. The lowest BCUT2D eigenvalue weighted by Gasteiger charge is -2.56. The molecule has 5 rings (SSSR count). The summed E-state index contributed by atoms with van der Waals surface area (Å²) in [7, 11) is 3.81. The van der Waals surface area contributed by atoms with Gasteiger partial charge >= 0.3 is 0 Å². The van der Waals surface area contributed by atoms with E-state index in [9.17, 15) is 9.90 Å². The van der Waals surface area contributed by atoms with Gasteiger partial charge in [0.25, 0.3) is 0 Å². The Balaban J connectivity index is 1.61. The van der Waals surface area contributed by atoms with Gasteiger partial charge in [0.05, 0.1) is 25.3 Å². The summed E-state index contributed by atoms with van der Waals surface area (Å²) in [6, 6.07) is 6.29. The summed E-state index contributed by atoms with van der Waals surface area (Å²) in [5.41, 5.74) is 3.64. The van der Waals surface area contributed by atoms with Crippen LogP contribution in [0.25, 0.3) is 10.9 Å². The molecule has 1 saturated carbocycles. The molecule has 1 aromatic heterocycles. The monoisotopic (exact) mass is 425 g/mol. The molecule has 2 fully saturated rings. The maximum absolute atomic E-state index is 12.1. The predicted molar refractivity (Wildman–Crippen MR) is 121 cm³/mol. The molecular formula is C25H35N3O3. The topological polar surface area (TPSA) is 57.9 Å². The summed E-state index contributed by atoms with van der Waals surface area (Å²) < 4.78 is 7.76. The van der Waals surface area contributed by atoms with Crippen molar-refractivity contribution in [3.8, 4) is 5.75 Å².